The summed E-state index contributed by atoms with van der Waals surface area (Å²) in [7, 11) is 0. The lowest BCUT2D eigenvalue weighted by molar-refractivity contribution is -0.167. The molecule has 1 unspecified atom stereocenters. The van der Waals surface area contributed by atoms with E-state index in [0.29, 0.717) is 19.3 Å². The zero-order chi connectivity index (χ0) is 59.2. The smallest absolute Gasteiger partial charge is 0.306 e. The third-order valence-electron chi connectivity index (χ3n) is 14.7. The molecule has 1 atom stereocenters. The van der Waals surface area contributed by atoms with Gasteiger partial charge in [-0.3, -0.25) is 14.4 Å². The highest BCUT2D eigenvalue weighted by Gasteiger charge is 2.19. The molecule has 0 aromatic carbocycles. The summed E-state index contributed by atoms with van der Waals surface area (Å²) in [6, 6.07) is 0. The average Bonchev–Trinajstić information content (AvgIpc) is 3.48. The molecule has 0 radical (unpaired) electrons. The van der Waals surface area contributed by atoms with Crippen LogP contribution in [0.3, 0.4) is 0 Å². The van der Waals surface area contributed by atoms with Gasteiger partial charge in [-0.05, 0) is 128 Å². The molecule has 0 aliphatic rings. The summed E-state index contributed by atoms with van der Waals surface area (Å²) in [5.41, 5.74) is 0. The normalized spacial score (nSPS) is 12.9. The van der Waals surface area contributed by atoms with Gasteiger partial charge in [-0.2, -0.15) is 0 Å². The quantitative estimate of drug-likeness (QED) is 0.0261. The van der Waals surface area contributed by atoms with E-state index in [1.54, 1.807) is 0 Å². The third-order valence-corrected chi connectivity index (χ3v) is 14.7. The van der Waals surface area contributed by atoms with Crippen LogP contribution in [0.25, 0.3) is 0 Å². The van der Waals surface area contributed by atoms with Crippen molar-refractivity contribution in [2.75, 3.05) is 13.2 Å². The van der Waals surface area contributed by atoms with Crippen molar-refractivity contribution in [3.63, 3.8) is 0 Å². The van der Waals surface area contributed by atoms with Gasteiger partial charge in [0.15, 0.2) is 6.10 Å². The number of esters is 3. The molecule has 0 heterocycles. The molecule has 0 rings (SSSR count). The highest BCUT2D eigenvalue weighted by Crippen LogP contribution is 2.16. The molecule has 0 fully saturated rings. The van der Waals surface area contributed by atoms with Crippen LogP contribution in [0.1, 0.15) is 323 Å². The summed E-state index contributed by atoms with van der Waals surface area (Å²) in [5.74, 6) is -0.907. The number of unbranched alkanes of at least 4 members (excludes halogenated alkanes) is 31. The van der Waals surface area contributed by atoms with E-state index in [9.17, 15) is 14.4 Å². The second-order valence-corrected chi connectivity index (χ2v) is 22.7. The van der Waals surface area contributed by atoms with Gasteiger partial charge in [0.05, 0.1) is 0 Å². The minimum Gasteiger partial charge on any atom is -0.462 e. The zero-order valence-electron chi connectivity index (χ0n) is 53.7. The average molecular weight is 1140 g/mol. The Labute approximate surface area is 507 Å². The first-order valence-electron chi connectivity index (χ1n) is 34.5. The van der Waals surface area contributed by atoms with E-state index < -0.39 is 6.10 Å². The van der Waals surface area contributed by atoms with Crippen molar-refractivity contribution < 1.29 is 28.6 Å². The van der Waals surface area contributed by atoms with Crippen LogP contribution in [-0.2, 0) is 28.6 Å². The third kappa shape index (κ3) is 66.6. The summed E-state index contributed by atoms with van der Waals surface area (Å²) >= 11 is 0. The minimum atomic E-state index is -0.793. The van der Waals surface area contributed by atoms with Gasteiger partial charge < -0.3 is 14.2 Å². The molecule has 0 aromatic rings. The number of allylic oxidation sites excluding steroid dienone is 20. The van der Waals surface area contributed by atoms with Crippen LogP contribution in [0, 0.1) is 0 Å². The molecule has 0 aliphatic carbocycles. The zero-order valence-corrected chi connectivity index (χ0v) is 53.7. The van der Waals surface area contributed by atoms with Gasteiger partial charge in [0.25, 0.3) is 0 Å². The fraction of sp³-hybridized carbons (Fsp3) is 0.697. The van der Waals surface area contributed by atoms with Crippen molar-refractivity contribution in [2.45, 2.75) is 329 Å². The summed E-state index contributed by atoms with van der Waals surface area (Å²) in [6.07, 6.45) is 96.5. The lowest BCUT2D eigenvalue weighted by Gasteiger charge is -2.18. The Morgan fingerprint density at radius 2 is 0.488 bits per heavy atom. The van der Waals surface area contributed by atoms with Crippen LogP contribution in [0.15, 0.2) is 122 Å². The standard InChI is InChI=1S/C76H128O6/c1-4-7-10-13-16-19-22-25-28-29-30-31-32-33-34-35-36-37-38-39-40-41-42-43-44-45-46-47-49-51-54-57-60-63-66-69-75(78)81-72-73(71-80-74(77)68-65-62-59-56-53-50-27-24-21-18-15-12-9-6-3)82-76(79)70-67-64-61-58-55-52-48-26-23-20-17-14-11-8-5-2/h7,10,15-20,24-28,30-31,33-34,36-37,48,73H,4-6,8-9,11-14,21-23,29,32,35,38-47,49-72H2,1-3H3/b10-7-,18-15-,19-16-,20-17-,27-24-,28-25-,31-30-,34-33-,37-36-,48-26-. The van der Waals surface area contributed by atoms with Crippen LogP contribution >= 0.6 is 0 Å². The Hall–Kier alpha value is -4.19. The van der Waals surface area contributed by atoms with E-state index in [-0.39, 0.29) is 31.1 Å². The number of carbonyl (C=O) groups excluding carboxylic acids is 3. The molecule has 82 heavy (non-hydrogen) atoms. The number of hydrogen-bond donors (Lipinski definition) is 0. The summed E-state index contributed by atoms with van der Waals surface area (Å²) in [6.45, 7) is 6.46. The first-order chi connectivity index (χ1) is 40.5. The molecule has 0 saturated carbocycles. The van der Waals surface area contributed by atoms with Gasteiger partial charge >= 0.3 is 17.9 Å². The predicted octanol–water partition coefficient (Wildman–Crippen LogP) is 23.9. The second kappa shape index (κ2) is 69.3. The summed E-state index contributed by atoms with van der Waals surface area (Å²) < 4.78 is 16.9. The highest BCUT2D eigenvalue weighted by molar-refractivity contribution is 5.71. The topological polar surface area (TPSA) is 78.9 Å². The molecule has 6 nitrogen and oxygen atoms in total. The summed E-state index contributed by atoms with van der Waals surface area (Å²) in [4.78, 5) is 38.3. The molecule has 0 N–H and O–H groups in total. The van der Waals surface area contributed by atoms with Gasteiger partial charge in [-0.1, -0.05) is 296 Å². The maximum Gasteiger partial charge on any atom is 0.306 e. The van der Waals surface area contributed by atoms with Crippen LogP contribution in [0.4, 0.5) is 0 Å². The summed E-state index contributed by atoms with van der Waals surface area (Å²) in [5, 5.41) is 0. The van der Waals surface area contributed by atoms with Crippen molar-refractivity contribution in [3.8, 4) is 0 Å². The molecule has 468 valence electrons. The first kappa shape index (κ1) is 77.8. The van der Waals surface area contributed by atoms with Gasteiger partial charge in [-0.15, -0.1) is 0 Å². The van der Waals surface area contributed by atoms with Gasteiger partial charge in [0.1, 0.15) is 13.2 Å². The first-order valence-corrected chi connectivity index (χ1v) is 34.5. The number of rotatable bonds is 62. The minimum absolute atomic E-state index is 0.0874. The van der Waals surface area contributed by atoms with E-state index in [0.717, 1.165) is 148 Å². The maximum absolute atomic E-state index is 12.9. The molecule has 0 aliphatic heterocycles. The highest BCUT2D eigenvalue weighted by atomic mass is 16.6. The second-order valence-electron chi connectivity index (χ2n) is 22.7. The Balaban J connectivity index is 4.18. The van der Waals surface area contributed by atoms with Crippen LogP contribution in [-0.4, -0.2) is 37.2 Å². The predicted molar refractivity (Wildman–Crippen MR) is 357 cm³/mol. The number of hydrogen-bond acceptors (Lipinski definition) is 6. The molecular weight excluding hydrogens is 1010 g/mol. The Bertz CT molecular complexity index is 1690. The molecule has 0 aromatic heterocycles. The molecule has 0 bridgehead atoms. The van der Waals surface area contributed by atoms with E-state index in [2.05, 4.69) is 142 Å². The number of carbonyl (C=O) groups is 3. The monoisotopic (exact) mass is 1140 g/mol. The van der Waals surface area contributed by atoms with E-state index in [1.165, 1.54) is 135 Å². The molecule has 0 saturated heterocycles. The lowest BCUT2D eigenvalue weighted by Crippen LogP contribution is -2.30. The van der Waals surface area contributed by atoms with E-state index in [4.69, 9.17) is 14.2 Å². The maximum atomic E-state index is 12.9. The SMILES string of the molecule is CC/C=C\C/C=C\C/C=C\C/C=C\C/C=C\C/C=C\CCCCCCCCCCCCCCCCCCC(=O)OCC(COC(=O)CCCCCCC/C=C\C/C=C\CCCC)OC(=O)CCCCCCC/C=C\C/C=C\CCCCC. The molecule has 0 spiro atoms. The van der Waals surface area contributed by atoms with E-state index >= 15 is 0 Å². The Kier molecular flexibility index (Phi) is 65.8. The van der Waals surface area contributed by atoms with Crippen molar-refractivity contribution in [2.24, 2.45) is 0 Å². The molecule has 0 amide bonds. The van der Waals surface area contributed by atoms with Crippen molar-refractivity contribution in [3.05, 3.63) is 122 Å². The van der Waals surface area contributed by atoms with Gasteiger partial charge in [0, 0.05) is 19.3 Å². The molecular formula is C76H128O6. The van der Waals surface area contributed by atoms with Crippen LogP contribution < -0.4 is 0 Å². The van der Waals surface area contributed by atoms with Crippen molar-refractivity contribution >= 4 is 17.9 Å². The van der Waals surface area contributed by atoms with Crippen molar-refractivity contribution in [1.29, 1.82) is 0 Å². The fourth-order valence-electron chi connectivity index (χ4n) is 9.49. The van der Waals surface area contributed by atoms with Crippen molar-refractivity contribution in [1.82, 2.24) is 0 Å². The largest absolute Gasteiger partial charge is 0.462 e. The van der Waals surface area contributed by atoms with Gasteiger partial charge in [0.2, 0.25) is 0 Å². The van der Waals surface area contributed by atoms with Crippen LogP contribution in [0.5, 0.6) is 0 Å². The Morgan fingerprint density at radius 1 is 0.256 bits per heavy atom. The molecule has 6 heteroatoms. The van der Waals surface area contributed by atoms with Gasteiger partial charge in [-0.25, -0.2) is 0 Å². The van der Waals surface area contributed by atoms with E-state index in [1.807, 2.05) is 0 Å². The number of ether oxygens (including phenoxy) is 3. The van der Waals surface area contributed by atoms with Crippen LogP contribution in [0.2, 0.25) is 0 Å². The lowest BCUT2D eigenvalue weighted by atomic mass is 10.0. The Morgan fingerprint density at radius 3 is 0.780 bits per heavy atom. The fourth-order valence-corrected chi connectivity index (χ4v) is 9.49.